The van der Waals surface area contributed by atoms with E-state index in [0.717, 1.165) is 29.5 Å². The lowest BCUT2D eigenvalue weighted by Crippen LogP contribution is -2.29. The van der Waals surface area contributed by atoms with Crippen molar-refractivity contribution in [1.82, 2.24) is 10.2 Å². The van der Waals surface area contributed by atoms with Gasteiger partial charge in [0.1, 0.15) is 5.01 Å². The van der Waals surface area contributed by atoms with E-state index in [1.807, 2.05) is 0 Å². The molecule has 0 saturated heterocycles. The van der Waals surface area contributed by atoms with Gasteiger partial charge in [0, 0.05) is 12.0 Å². The molecule has 0 spiro atoms. The third-order valence-electron chi connectivity index (χ3n) is 2.67. The number of aliphatic hydroxyl groups is 1. The quantitative estimate of drug-likeness (QED) is 0.782. The van der Waals surface area contributed by atoms with E-state index in [0.29, 0.717) is 0 Å². The van der Waals surface area contributed by atoms with Crippen molar-refractivity contribution in [3.8, 4) is 0 Å². The Hall–Kier alpha value is -0.680. The number of nitrogens with zero attached hydrogens (tertiary/aromatic N) is 2. The van der Waals surface area contributed by atoms with Gasteiger partial charge in [0.2, 0.25) is 5.13 Å². The summed E-state index contributed by atoms with van der Waals surface area (Å²) in [4.78, 5) is 0. The van der Waals surface area contributed by atoms with Crippen molar-refractivity contribution in [2.75, 3.05) is 18.5 Å². The zero-order valence-electron chi connectivity index (χ0n) is 9.58. The molecule has 0 bridgehead atoms. The third-order valence-corrected chi connectivity index (χ3v) is 3.70. The average molecular weight is 229 g/mol. The Kier molecular flexibility index (Phi) is 4.47. The molecule has 4 nitrogen and oxygen atoms in total. The van der Waals surface area contributed by atoms with Crippen LogP contribution < -0.4 is 5.32 Å². The Balaban J connectivity index is 2.49. The summed E-state index contributed by atoms with van der Waals surface area (Å²) in [6.45, 7) is 7.12. The van der Waals surface area contributed by atoms with E-state index in [2.05, 4.69) is 36.3 Å². The molecule has 0 aromatic carbocycles. The fraction of sp³-hybridized carbons (Fsp3) is 0.800. The van der Waals surface area contributed by atoms with Crippen LogP contribution in [0.4, 0.5) is 5.13 Å². The molecule has 0 amide bonds. The van der Waals surface area contributed by atoms with Crippen molar-refractivity contribution in [1.29, 1.82) is 0 Å². The lowest BCUT2D eigenvalue weighted by Gasteiger charge is -2.25. The summed E-state index contributed by atoms with van der Waals surface area (Å²) in [6.07, 6.45) is 1.86. The monoisotopic (exact) mass is 229 g/mol. The van der Waals surface area contributed by atoms with Crippen molar-refractivity contribution >= 4 is 16.5 Å². The third kappa shape index (κ3) is 3.43. The van der Waals surface area contributed by atoms with Crippen molar-refractivity contribution < 1.29 is 5.11 Å². The van der Waals surface area contributed by atoms with Crippen LogP contribution in [0.1, 0.15) is 32.2 Å². The minimum absolute atomic E-state index is 0.0714. The van der Waals surface area contributed by atoms with Crippen LogP contribution in [-0.2, 0) is 6.42 Å². The molecule has 1 aromatic rings. The van der Waals surface area contributed by atoms with Crippen molar-refractivity contribution in [3.05, 3.63) is 5.01 Å². The molecule has 15 heavy (non-hydrogen) atoms. The largest absolute Gasteiger partial charge is 0.396 e. The number of aliphatic hydroxyl groups excluding tert-OH is 1. The average Bonchev–Trinajstić information content (AvgIpc) is 2.74. The summed E-state index contributed by atoms with van der Waals surface area (Å²) in [6, 6.07) is 0. The van der Waals surface area contributed by atoms with E-state index in [1.54, 1.807) is 11.3 Å². The van der Waals surface area contributed by atoms with Crippen molar-refractivity contribution in [2.45, 2.75) is 33.6 Å². The van der Waals surface area contributed by atoms with E-state index in [4.69, 9.17) is 0 Å². The minimum atomic E-state index is -0.0714. The number of hydrogen-bond donors (Lipinski definition) is 2. The lowest BCUT2D eigenvalue weighted by molar-refractivity contribution is 0.149. The van der Waals surface area contributed by atoms with Crippen molar-refractivity contribution in [2.24, 2.45) is 5.41 Å². The molecule has 0 fully saturated rings. The molecule has 5 heteroatoms. The molecule has 2 N–H and O–H groups in total. The molecule has 86 valence electrons. The first-order valence-electron chi connectivity index (χ1n) is 5.30. The molecule has 0 radical (unpaired) electrons. The summed E-state index contributed by atoms with van der Waals surface area (Å²) >= 11 is 1.58. The second-order valence-electron chi connectivity index (χ2n) is 4.03. The fourth-order valence-electron chi connectivity index (χ4n) is 1.05. The molecule has 0 saturated carbocycles. The normalized spacial score (nSPS) is 14.9. The highest BCUT2D eigenvalue weighted by atomic mass is 32.1. The van der Waals surface area contributed by atoms with E-state index in [1.165, 1.54) is 0 Å². The van der Waals surface area contributed by atoms with Gasteiger partial charge in [0.15, 0.2) is 0 Å². The highest BCUT2D eigenvalue weighted by Crippen LogP contribution is 2.22. The van der Waals surface area contributed by atoms with Gasteiger partial charge in [-0.15, -0.1) is 10.2 Å². The lowest BCUT2D eigenvalue weighted by atomic mass is 9.89. The number of nitrogens with one attached hydrogen (secondary N) is 1. The van der Waals surface area contributed by atoms with Crippen LogP contribution in [0, 0.1) is 5.41 Å². The fourth-order valence-corrected chi connectivity index (χ4v) is 1.72. The minimum Gasteiger partial charge on any atom is -0.396 e. The smallest absolute Gasteiger partial charge is 0.205 e. The first-order valence-corrected chi connectivity index (χ1v) is 6.12. The molecule has 1 unspecified atom stereocenters. The van der Waals surface area contributed by atoms with Crippen LogP contribution in [0.2, 0.25) is 0 Å². The van der Waals surface area contributed by atoms with Gasteiger partial charge >= 0.3 is 0 Å². The molecule has 0 aliphatic carbocycles. The van der Waals surface area contributed by atoms with Gasteiger partial charge in [-0.25, -0.2) is 0 Å². The Morgan fingerprint density at radius 2 is 2.13 bits per heavy atom. The number of aryl methyl sites for hydroxylation is 1. The van der Waals surface area contributed by atoms with Gasteiger partial charge in [0.05, 0.1) is 6.61 Å². The second-order valence-corrected chi connectivity index (χ2v) is 5.09. The predicted molar refractivity (Wildman–Crippen MR) is 63.3 cm³/mol. The summed E-state index contributed by atoms with van der Waals surface area (Å²) in [7, 11) is 0. The number of hydrogen-bond acceptors (Lipinski definition) is 5. The van der Waals surface area contributed by atoms with Gasteiger partial charge in [-0.2, -0.15) is 0 Å². The second kappa shape index (κ2) is 5.42. The van der Waals surface area contributed by atoms with E-state index in [9.17, 15) is 5.11 Å². The first kappa shape index (κ1) is 12.4. The Morgan fingerprint density at radius 3 is 2.60 bits per heavy atom. The predicted octanol–water partition coefficient (Wildman–Crippen LogP) is 1.92. The molecular formula is C10H19N3OS. The van der Waals surface area contributed by atoms with Crippen LogP contribution in [0.25, 0.3) is 0 Å². The summed E-state index contributed by atoms with van der Waals surface area (Å²) in [5.41, 5.74) is -0.0714. The molecule has 0 aliphatic rings. The van der Waals surface area contributed by atoms with Crippen LogP contribution in [0.15, 0.2) is 0 Å². The Morgan fingerprint density at radius 1 is 1.40 bits per heavy atom. The zero-order chi connectivity index (χ0) is 11.3. The van der Waals surface area contributed by atoms with Gasteiger partial charge in [-0.3, -0.25) is 0 Å². The zero-order valence-corrected chi connectivity index (χ0v) is 10.4. The van der Waals surface area contributed by atoms with E-state index in [-0.39, 0.29) is 12.0 Å². The van der Waals surface area contributed by atoms with Gasteiger partial charge < -0.3 is 10.4 Å². The number of anilines is 1. The first-order chi connectivity index (χ1) is 7.13. The molecule has 1 heterocycles. The molecule has 0 aliphatic heterocycles. The van der Waals surface area contributed by atoms with E-state index >= 15 is 0 Å². The van der Waals surface area contributed by atoms with E-state index < -0.39 is 0 Å². The molecular weight excluding hydrogens is 210 g/mol. The highest BCUT2D eigenvalue weighted by molar-refractivity contribution is 7.15. The summed E-state index contributed by atoms with van der Waals surface area (Å²) < 4.78 is 0. The molecule has 1 rings (SSSR count). The van der Waals surface area contributed by atoms with Gasteiger partial charge in [-0.1, -0.05) is 32.1 Å². The topological polar surface area (TPSA) is 58.0 Å². The SMILES string of the molecule is CCc1nnc(NCC(C)(CC)CO)s1. The maximum absolute atomic E-state index is 9.24. The van der Waals surface area contributed by atoms with Crippen molar-refractivity contribution in [3.63, 3.8) is 0 Å². The Labute approximate surface area is 94.7 Å². The molecule has 1 atom stereocenters. The molecule has 1 aromatic heterocycles. The van der Waals surface area contributed by atoms with Gasteiger partial charge in [-0.05, 0) is 12.8 Å². The number of aromatic nitrogens is 2. The van der Waals surface area contributed by atoms with Crippen LogP contribution in [-0.4, -0.2) is 28.5 Å². The number of rotatable bonds is 6. The highest BCUT2D eigenvalue weighted by Gasteiger charge is 2.21. The maximum Gasteiger partial charge on any atom is 0.205 e. The maximum atomic E-state index is 9.24. The standard InChI is InChI=1S/C10H19N3OS/c1-4-8-12-13-9(15-8)11-6-10(3,5-2)7-14/h14H,4-7H2,1-3H3,(H,11,13). The van der Waals surface area contributed by atoms with Gasteiger partial charge in [0.25, 0.3) is 0 Å². The Bertz CT molecular complexity index is 297. The van der Waals surface area contributed by atoms with Crippen LogP contribution in [0.5, 0.6) is 0 Å². The van der Waals surface area contributed by atoms with Crippen LogP contribution in [0.3, 0.4) is 0 Å². The summed E-state index contributed by atoms with van der Waals surface area (Å²) in [5, 5.41) is 22.4. The van der Waals surface area contributed by atoms with Crippen LogP contribution >= 0.6 is 11.3 Å². The summed E-state index contributed by atoms with van der Waals surface area (Å²) in [5.74, 6) is 0.